The first-order valence-corrected chi connectivity index (χ1v) is 5.86. The van der Waals surface area contributed by atoms with Gasteiger partial charge in [-0.2, -0.15) is 0 Å². The van der Waals surface area contributed by atoms with Crippen LogP contribution in [0.5, 0.6) is 0 Å². The molecule has 92 valence electrons. The van der Waals surface area contributed by atoms with Gasteiger partial charge in [-0.3, -0.25) is 9.59 Å². The van der Waals surface area contributed by atoms with E-state index in [4.69, 9.17) is 10.5 Å². The van der Waals surface area contributed by atoms with Crippen LogP contribution >= 0.6 is 0 Å². The van der Waals surface area contributed by atoms with E-state index < -0.39 is 0 Å². The van der Waals surface area contributed by atoms with Gasteiger partial charge in [0.05, 0.1) is 19.7 Å². The Labute approximate surface area is 95.9 Å². The summed E-state index contributed by atoms with van der Waals surface area (Å²) in [7, 11) is 0. The van der Waals surface area contributed by atoms with Gasteiger partial charge >= 0.3 is 5.97 Å². The van der Waals surface area contributed by atoms with Crippen LogP contribution < -0.4 is 10.6 Å². The number of nitrogens with two attached hydrogens (primary N) is 1. The number of amides is 1. The van der Waals surface area contributed by atoms with Crippen LogP contribution in [-0.2, 0) is 14.3 Å². The van der Waals surface area contributed by atoms with Gasteiger partial charge in [0.15, 0.2) is 6.04 Å². The first-order chi connectivity index (χ1) is 7.56. The Morgan fingerprint density at radius 1 is 1.56 bits per heavy atom. The summed E-state index contributed by atoms with van der Waals surface area (Å²) in [4.78, 5) is 23.8. The normalized spacial score (nSPS) is 27.1. The fourth-order valence-corrected chi connectivity index (χ4v) is 2.15. The van der Waals surface area contributed by atoms with E-state index in [1.165, 1.54) is 0 Å². The molecule has 1 aliphatic heterocycles. The van der Waals surface area contributed by atoms with Crippen molar-refractivity contribution in [3.8, 4) is 0 Å². The lowest BCUT2D eigenvalue weighted by Gasteiger charge is -2.31. The Hall–Kier alpha value is -1.10. The highest BCUT2D eigenvalue weighted by molar-refractivity contribution is 5.78. The molecule has 5 nitrogen and oxygen atoms in total. The number of likely N-dealkylation sites (tertiary alicyclic amines) is 1. The quantitative estimate of drug-likeness (QED) is 0.590. The zero-order chi connectivity index (χ0) is 12.1. The average Bonchev–Trinajstić information content (AvgIpc) is 2.28. The lowest BCUT2D eigenvalue weighted by atomic mass is 9.97. The summed E-state index contributed by atoms with van der Waals surface area (Å²) in [6.45, 7) is 5.58. The van der Waals surface area contributed by atoms with Crippen LogP contribution in [-0.4, -0.2) is 37.6 Å². The van der Waals surface area contributed by atoms with Crippen molar-refractivity contribution < 1.29 is 19.2 Å². The van der Waals surface area contributed by atoms with Crippen molar-refractivity contribution in [2.45, 2.75) is 32.7 Å². The molecule has 3 N–H and O–H groups in total. The van der Waals surface area contributed by atoms with E-state index in [-0.39, 0.29) is 23.8 Å². The smallest absolute Gasteiger partial charge is 0.314 e. The van der Waals surface area contributed by atoms with Crippen LogP contribution in [0.3, 0.4) is 0 Å². The molecule has 1 rings (SSSR count). The third kappa shape index (κ3) is 3.20. The van der Waals surface area contributed by atoms with Crippen molar-refractivity contribution in [1.29, 1.82) is 0 Å². The number of primary amides is 1. The standard InChI is InChI=1S/C11H20N2O3/c1-3-16-11(15)9-5-4-6-13(7-9)8(2)10(12)14/h8-9H,3-7H2,1-2H3,(H2,12,14)/p+1/t8-,9+/m0/s1. The molecule has 1 saturated heterocycles. The zero-order valence-electron chi connectivity index (χ0n) is 9.99. The number of piperidine rings is 1. The summed E-state index contributed by atoms with van der Waals surface area (Å²) in [5, 5.41) is 0. The number of carbonyl (C=O) groups is 2. The lowest BCUT2D eigenvalue weighted by molar-refractivity contribution is -0.921. The Morgan fingerprint density at radius 2 is 2.25 bits per heavy atom. The van der Waals surface area contributed by atoms with E-state index >= 15 is 0 Å². The van der Waals surface area contributed by atoms with Crippen molar-refractivity contribution in [2.75, 3.05) is 19.7 Å². The van der Waals surface area contributed by atoms with Gasteiger partial charge in [0.25, 0.3) is 5.91 Å². The third-order valence-electron chi connectivity index (χ3n) is 3.22. The van der Waals surface area contributed by atoms with Crippen LogP contribution in [0.4, 0.5) is 0 Å². The largest absolute Gasteiger partial charge is 0.466 e. The molecule has 1 unspecified atom stereocenters. The Kier molecular flexibility index (Phi) is 4.73. The topological polar surface area (TPSA) is 73.8 Å². The monoisotopic (exact) mass is 229 g/mol. The van der Waals surface area contributed by atoms with Crippen molar-refractivity contribution in [1.82, 2.24) is 0 Å². The second-order valence-corrected chi connectivity index (χ2v) is 4.33. The Balaban J connectivity index is 2.53. The minimum absolute atomic E-state index is 0.0782. The Morgan fingerprint density at radius 3 is 2.81 bits per heavy atom. The summed E-state index contributed by atoms with van der Waals surface area (Å²) in [5.41, 5.74) is 5.27. The maximum atomic E-state index is 11.6. The van der Waals surface area contributed by atoms with Gasteiger partial charge in [0.2, 0.25) is 0 Å². The van der Waals surface area contributed by atoms with Crippen molar-refractivity contribution in [3.63, 3.8) is 0 Å². The number of rotatable bonds is 4. The molecule has 1 amide bonds. The van der Waals surface area contributed by atoms with E-state index in [1.54, 1.807) is 6.92 Å². The van der Waals surface area contributed by atoms with Crippen molar-refractivity contribution in [3.05, 3.63) is 0 Å². The average molecular weight is 229 g/mol. The molecule has 0 aromatic carbocycles. The van der Waals surface area contributed by atoms with Crippen LogP contribution in [0.15, 0.2) is 0 Å². The lowest BCUT2D eigenvalue weighted by Crippen LogP contribution is -3.18. The molecule has 0 saturated carbocycles. The molecule has 16 heavy (non-hydrogen) atoms. The highest BCUT2D eigenvalue weighted by Gasteiger charge is 2.33. The zero-order valence-corrected chi connectivity index (χ0v) is 9.99. The molecule has 0 radical (unpaired) electrons. The predicted molar refractivity (Wildman–Crippen MR) is 58.7 cm³/mol. The minimum atomic E-state index is -0.306. The number of carbonyl (C=O) groups excluding carboxylic acids is 2. The summed E-state index contributed by atoms with van der Waals surface area (Å²) >= 11 is 0. The van der Waals surface area contributed by atoms with Crippen LogP contribution in [0.1, 0.15) is 26.7 Å². The van der Waals surface area contributed by atoms with Gasteiger partial charge in [-0.25, -0.2) is 0 Å². The molecule has 1 aliphatic rings. The summed E-state index contributed by atoms with van der Waals surface area (Å²) in [6.07, 6.45) is 1.80. The van der Waals surface area contributed by atoms with Gasteiger partial charge in [-0.15, -0.1) is 0 Å². The maximum absolute atomic E-state index is 11.6. The summed E-state index contributed by atoms with van der Waals surface area (Å²) in [6, 6.07) is -0.225. The molecule has 5 heteroatoms. The van der Waals surface area contributed by atoms with E-state index in [2.05, 4.69) is 0 Å². The van der Waals surface area contributed by atoms with E-state index in [9.17, 15) is 9.59 Å². The summed E-state index contributed by atoms with van der Waals surface area (Å²) in [5.74, 6) is -0.527. The molecular formula is C11H21N2O3+. The Bertz CT molecular complexity index is 268. The molecule has 3 atom stereocenters. The molecule has 0 aliphatic carbocycles. The molecule has 0 bridgehead atoms. The molecule has 1 fully saturated rings. The first kappa shape index (κ1) is 13.0. The highest BCUT2D eigenvalue weighted by Crippen LogP contribution is 2.09. The first-order valence-electron chi connectivity index (χ1n) is 5.86. The summed E-state index contributed by atoms with van der Waals surface area (Å²) < 4.78 is 5.00. The van der Waals surface area contributed by atoms with E-state index in [1.807, 2.05) is 6.92 Å². The SMILES string of the molecule is CCOC(=O)[C@@H]1CCC[NH+]([C@@H](C)C(N)=O)C1. The fraction of sp³-hybridized carbons (Fsp3) is 0.818. The van der Waals surface area contributed by atoms with E-state index in [0.717, 1.165) is 24.3 Å². The predicted octanol–water partition coefficient (Wildman–Crippen LogP) is -1.28. The van der Waals surface area contributed by atoms with Gasteiger partial charge in [-0.05, 0) is 26.7 Å². The van der Waals surface area contributed by atoms with E-state index in [0.29, 0.717) is 13.2 Å². The third-order valence-corrected chi connectivity index (χ3v) is 3.22. The molecule has 0 aromatic rings. The number of nitrogens with one attached hydrogen (secondary N) is 1. The number of quaternary nitrogens is 1. The van der Waals surface area contributed by atoms with Crippen LogP contribution in [0.25, 0.3) is 0 Å². The van der Waals surface area contributed by atoms with Crippen molar-refractivity contribution >= 4 is 11.9 Å². The van der Waals surface area contributed by atoms with Gasteiger partial charge in [0, 0.05) is 0 Å². The van der Waals surface area contributed by atoms with Crippen LogP contribution in [0, 0.1) is 5.92 Å². The molecule has 0 aromatic heterocycles. The number of hydrogen-bond donors (Lipinski definition) is 2. The molecule has 1 heterocycles. The minimum Gasteiger partial charge on any atom is -0.466 e. The van der Waals surface area contributed by atoms with Gasteiger partial charge < -0.3 is 15.4 Å². The fourth-order valence-electron chi connectivity index (χ4n) is 2.15. The highest BCUT2D eigenvalue weighted by atomic mass is 16.5. The molecule has 0 spiro atoms. The molecular weight excluding hydrogens is 208 g/mol. The number of hydrogen-bond acceptors (Lipinski definition) is 3. The van der Waals surface area contributed by atoms with Crippen molar-refractivity contribution in [2.24, 2.45) is 11.7 Å². The number of ether oxygens (including phenoxy) is 1. The van der Waals surface area contributed by atoms with Crippen LogP contribution in [0.2, 0.25) is 0 Å². The number of esters is 1. The van der Waals surface area contributed by atoms with Gasteiger partial charge in [0.1, 0.15) is 5.92 Å². The maximum Gasteiger partial charge on any atom is 0.314 e. The second-order valence-electron chi connectivity index (χ2n) is 4.33. The second kappa shape index (κ2) is 5.84. The van der Waals surface area contributed by atoms with Gasteiger partial charge in [-0.1, -0.05) is 0 Å².